The zero-order valence-electron chi connectivity index (χ0n) is 25.4. The van der Waals surface area contributed by atoms with Crippen molar-refractivity contribution in [2.45, 2.75) is 82.6 Å². The largest absolute Gasteiger partial charge is 0.573 e. The topological polar surface area (TPSA) is 18.5 Å². The van der Waals surface area contributed by atoms with Gasteiger partial charge in [0.1, 0.15) is 23.1 Å². The molecule has 1 fully saturated rings. The maximum absolute atomic E-state index is 15.2. The number of rotatable bonds is 11. The number of aryl methyl sites for hydroxylation is 1. The van der Waals surface area contributed by atoms with E-state index < -0.39 is 24.1 Å². The van der Waals surface area contributed by atoms with Gasteiger partial charge in [0.05, 0.1) is 5.56 Å². The number of ether oxygens (including phenoxy) is 2. The molecule has 4 aromatic rings. The minimum atomic E-state index is -4.81. The van der Waals surface area contributed by atoms with Crippen molar-refractivity contribution in [1.29, 1.82) is 0 Å². The number of alkyl halides is 5. The maximum atomic E-state index is 15.2. The van der Waals surface area contributed by atoms with E-state index in [1.165, 1.54) is 42.5 Å². The molecule has 0 saturated heterocycles. The van der Waals surface area contributed by atoms with Crippen molar-refractivity contribution in [2.24, 2.45) is 0 Å². The van der Waals surface area contributed by atoms with Crippen LogP contribution in [0.1, 0.15) is 86.0 Å². The monoisotopic (exact) mass is 644 g/mol. The maximum Gasteiger partial charge on any atom is 0.573 e. The van der Waals surface area contributed by atoms with Crippen LogP contribution >= 0.6 is 0 Å². The first kappa shape index (κ1) is 33.4. The summed E-state index contributed by atoms with van der Waals surface area (Å²) in [6.07, 6.45) is -1.84. The molecule has 244 valence electrons. The van der Waals surface area contributed by atoms with Crippen LogP contribution in [0.3, 0.4) is 0 Å². The molecule has 1 saturated carbocycles. The Hall–Kier alpha value is -4.01. The quantitative estimate of drug-likeness (QED) is 0.119. The summed E-state index contributed by atoms with van der Waals surface area (Å²) in [6, 6.07) is 19.7. The minimum Gasteiger partial charge on any atom is -0.429 e. The predicted octanol–water partition coefficient (Wildman–Crippen LogP) is 11.8. The van der Waals surface area contributed by atoms with E-state index in [-0.39, 0.29) is 34.5 Å². The Morgan fingerprint density at radius 3 is 1.91 bits per heavy atom. The van der Waals surface area contributed by atoms with Crippen LogP contribution in [0.4, 0.5) is 30.7 Å². The average molecular weight is 645 g/mol. The fourth-order valence-electron chi connectivity index (χ4n) is 6.15. The van der Waals surface area contributed by atoms with Gasteiger partial charge in [-0.2, -0.15) is 8.78 Å². The second-order valence-corrected chi connectivity index (χ2v) is 11.8. The summed E-state index contributed by atoms with van der Waals surface area (Å²) in [4.78, 5) is 0. The normalized spacial score (nSPS) is 17.1. The molecule has 0 N–H and O–H groups in total. The highest BCUT2D eigenvalue weighted by atomic mass is 19.4. The van der Waals surface area contributed by atoms with Crippen LogP contribution in [0.15, 0.2) is 84.9 Å². The van der Waals surface area contributed by atoms with Crippen molar-refractivity contribution in [2.75, 3.05) is 0 Å². The zero-order chi connectivity index (χ0) is 32.9. The van der Waals surface area contributed by atoms with Gasteiger partial charge in [0, 0.05) is 11.6 Å². The van der Waals surface area contributed by atoms with Crippen molar-refractivity contribution in [3.05, 3.63) is 119 Å². The lowest BCUT2D eigenvalue weighted by Gasteiger charge is -2.29. The van der Waals surface area contributed by atoms with Crippen molar-refractivity contribution < 1.29 is 40.2 Å². The van der Waals surface area contributed by atoms with Crippen LogP contribution < -0.4 is 9.47 Å². The van der Waals surface area contributed by atoms with Crippen LogP contribution in [-0.4, -0.2) is 6.36 Å². The third-order valence-corrected chi connectivity index (χ3v) is 8.61. The second kappa shape index (κ2) is 14.2. The smallest absolute Gasteiger partial charge is 0.429 e. The Morgan fingerprint density at radius 1 is 0.652 bits per heavy atom. The standard InChI is InChI=1S/C37H35F7O2/c1-2-3-4-5-24-6-15-29(16-7-24)36(40,41)45-31-19-21-33(35(39)23-31)26-10-8-25(9-11-26)28-14-20-32(34(38)22-28)27-12-17-30(18-13-27)46-37(42,43)44/h6-7,12-23,25-26H,2-5,8-11H2,1H3. The van der Waals surface area contributed by atoms with Gasteiger partial charge in [-0.15, -0.1) is 13.2 Å². The zero-order valence-corrected chi connectivity index (χ0v) is 25.4. The van der Waals surface area contributed by atoms with Gasteiger partial charge in [-0.1, -0.05) is 62.2 Å². The highest BCUT2D eigenvalue weighted by molar-refractivity contribution is 5.65. The van der Waals surface area contributed by atoms with E-state index in [9.17, 15) is 22.0 Å². The Bertz CT molecular complexity index is 1590. The van der Waals surface area contributed by atoms with Gasteiger partial charge in [0.15, 0.2) is 0 Å². The molecule has 9 heteroatoms. The number of benzene rings is 4. The molecule has 0 heterocycles. The molecule has 5 rings (SSSR count). The van der Waals surface area contributed by atoms with E-state index in [2.05, 4.69) is 11.7 Å². The van der Waals surface area contributed by atoms with E-state index in [1.807, 2.05) is 0 Å². The van der Waals surface area contributed by atoms with Crippen molar-refractivity contribution >= 4 is 0 Å². The van der Waals surface area contributed by atoms with Crippen molar-refractivity contribution in [3.63, 3.8) is 0 Å². The Balaban J connectivity index is 1.17. The predicted molar refractivity (Wildman–Crippen MR) is 163 cm³/mol. The summed E-state index contributed by atoms with van der Waals surface area (Å²) in [5.41, 5.74) is 2.58. The molecule has 0 aliphatic heterocycles. The Kier molecular flexibility index (Phi) is 10.3. The van der Waals surface area contributed by atoms with Crippen LogP contribution in [0, 0.1) is 11.6 Å². The highest BCUT2D eigenvalue weighted by Crippen LogP contribution is 2.43. The lowest BCUT2D eigenvalue weighted by molar-refractivity contribution is -0.274. The minimum absolute atomic E-state index is 0.0461. The van der Waals surface area contributed by atoms with Gasteiger partial charge >= 0.3 is 12.5 Å². The summed E-state index contributed by atoms with van der Waals surface area (Å²) in [7, 11) is 0. The molecule has 4 aromatic carbocycles. The third-order valence-electron chi connectivity index (χ3n) is 8.61. The third kappa shape index (κ3) is 8.42. The molecular formula is C37H35F7O2. The first-order valence-corrected chi connectivity index (χ1v) is 15.5. The molecular weight excluding hydrogens is 609 g/mol. The Labute approximate surface area is 264 Å². The van der Waals surface area contributed by atoms with E-state index in [0.29, 0.717) is 36.8 Å². The van der Waals surface area contributed by atoms with Crippen molar-refractivity contribution in [1.82, 2.24) is 0 Å². The molecule has 0 spiro atoms. The number of unbranched alkanes of at least 4 members (excludes halogenated alkanes) is 2. The van der Waals surface area contributed by atoms with Gasteiger partial charge in [0.25, 0.3) is 0 Å². The van der Waals surface area contributed by atoms with Gasteiger partial charge in [-0.3, -0.25) is 0 Å². The highest BCUT2D eigenvalue weighted by Gasteiger charge is 2.35. The van der Waals surface area contributed by atoms with E-state index in [0.717, 1.165) is 55.0 Å². The summed E-state index contributed by atoms with van der Waals surface area (Å²) in [5.74, 6) is -1.82. The lowest BCUT2D eigenvalue weighted by atomic mass is 9.76. The summed E-state index contributed by atoms with van der Waals surface area (Å²) in [6.45, 7) is 2.10. The fourth-order valence-corrected chi connectivity index (χ4v) is 6.15. The fraction of sp³-hybridized carbons (Fsp3) is 0.351. The van der Waals surface area contributed by atoms with E-state index in [1.54, 1.807) is 24.3 Å². The summed E-state index contributed by atoms with van der Waals surface area (Å²) >= 11 is 0. The molecule has 0 radical (unpaired) electrons. The van der Waals surface area contributed by atoms with Crippen LogP contribution in [-0.2, 0) is 12.5 Å². The first-order chi connectivity index (χ1) is 21.9. The van der Waals surface area contributed by atoms with Gasteiger partial charge in [0.2, 0.25) is 0 Å². The molecule has 46 heavy (non-hydrogen) atoms. The summed E-state index contributed by atoms with van der Waals surface area (Å²) < 4.78 is 106. The van der Waals surface area contributed by atoms with Crippen LogP contribution in [0.2, 0.25) is 0 Å². The SMILES string of the molecule is CCCCCc1ccc(C(F)(F)Oc2ccc(C3CCC(c4ccc(-c5ccc(OC(F)(F)F)cc5)c(F)c4)CC3)c(F)c2)cc1. The molecule has 2 nitrogen and oxygen atoms in total. The van der Waals surface area contributed by atoms with E-state index >= 15 is 8.78 Å². The molecule has 0 aromatic heterocycles. The number of halogens is 7. The van der Waals surface area contributed by atoms with Crippen LogP contribution in [0.5, 0.6) is 11.5 Å². The van der Waals surface area contributed by atoms with Gasteiger partial charge in [-0.25, -0.2) is 8.78 Å². The summed E-state index contributed by atoms with van der Waals surface area (Å²) in [5, 5.41) is 0. The van der Waals surface area contributed by atoms with Gasteiger partial charge in [-0.05, 0) is 109 Å². The molecule has 1 aliphatic rings. The first-order valence-electron chi connectivity index (χ1n) is 15.5. The molecule has 1 aliphatic carbocycles. The number of hydrogen-bond acceptors (Lipinski definition) is 2. The average Bonchev–Trinajstić information content (AvgIpc) is 3.01. The second-order valence-electron chi connectivity index (χ2n) is 11.8. The molecule has 0 bridgehead atoms. The van der Waals surface area contributed by atoms with Gasteiger partial charge < -0.3 is 9.47 Å². The molecule has 0 unspecified atom stereocenters. The number of hydrogen-bond donors (Lipinski definition) is 0. The molecule has 0 atom stereocenters. The Morgan fingerprint density at radius 2 is 1.30 bits per heavy atom. The lowest BCUT2D eigenvalue weighted by Crippen LogP contribution is -2.22. The van der Waals surface area contributed by atoms with Crippen molar-refractivity contribution in [3.8, 4) is 22.6 Å². The van der Waals surface area contributed by atoms with E-state index in [4.69, 9.17) is 4.74 Å². The molecule has 0 amide bonds. The van der Waals surface area contributed by atoms with Crippen LogP contribution in [0.25, 0.3) is 11.1 Å².